The molecule has 5 nitrogen and oxygen atoms in total. The third-order valence-corrected chi connectivity index (χ3v) is 4.75. The van der Waals surface area contributed by atoms with Crippen molar-refractivity contribution in [2.24, 2.45) is 11.7 Å². The minimum atomic E-state index is -0.363. The highest BCUT2D eigenvalue weighted by atomic mass is 35.5. The molecule has 3 atom stereocenters. The number of rotatable bonds is 7. The number of para-hydroxylation sites is 1. The van der Waals surface area contributed by atoms with Crippen LogP contribution in [-0.2, 0) is 4.79 Å². The maximum absolute atomic E-state index is 12.7. The van der Waals surface area contributed by atoms with Gasteiger partial charge in [0.05, 0.1) is 18.6 Å². The Morgan fingerprint density at radius 3 is 2.54 bits per heavy atom. The second-order valence-corrected chi connectivity index (χ2v) is 6.71. The van der Waals surface area contributed by atoms with Crippen LogP contribution in [0, 0.1) is 5.92 Å². The van der Waals surface area contributed by atoms with Crippen LogP contribution in [0.5, 0.6) is 5.75 Å². The molecule has 1 heterocycles. The molecule has 0 aliphatic rings. The molecule has 0 aliphatic carbocycles. The molecule has 3 unspecified atom stereocenters. The number of hydrogen-bond acceptors (Lipinski definition) is 4. The summed E-state index contributed by atoms with van der Waals surface area (Å²) in [6.07, 6.45) is 0. The number of carbonyl (C=O) groups excluding carboxylic acids is 1. The van der Waals surface area contributed by atoms with Crippen molar-refractivity contribution >= 4 is 29.3 Å². The molecule has 0 saturated carbocycles. The van der Waals surface area contributed by atoms with Gasteiger partial charge in [-0.2, -0.15) is 0 Å². The Bertz CT molecular complexity index is 911. The van der Waals surface area contributed by atoms with Gasteiger partial charge in [0, 0.05) is 11.4 Å². The smallest absolute Gasteiger partial charge is 0.225 e. The lowest BCUT2D eigenvalue weighted by atomic mass is 9.94. The number of nitrogens with one attached hydrogen (secondary N) is 1. The Hall–Kier alpha value is -2.50. The third kappa shape index (κ3) is 4.66. The van der Waals surface area contributed by atoms with Gasteiger partial charge in [0.15, 0.2) is 11.3 Å². The highest BCUT2D eigenvalue weighted by Gasteiger charge is 2.24. The summed E-state index contributed by atoms with van der Waals surface area (Å²) in [6, 6.07) is 16.7. The zero-order valence-electron chi connectivity index (χ0n) is 16.3. The molecule has 1 aromatic heterocycles. The Morgan fingerprint density at radius 1 is 1.14 bits per heavy atom. The number of hydrogen-bond donors (Lipinski definition) is 2. The molecule has 3 rings (SSSR count). The Balaban J connectivity index is 0.00000280. The van der Waals surface area contributed by atoms with E-state index >= 15 is 0 Å². The van der Waals surface area contributed by atoms with Crippen molar-refractivity contribution in [2.75, 3.05) is 6.61 Å². The van der Waals surface area contributed by atoms with E-state index in [-0.39, 0.29) is 36.3 Å². The van der Waals surface area contributed by atoms with Crippen molar-refractivity contribution in [3.8, 4) is 5.75 Å². The predicted octanol–water partition coefficient (Wildman–Crippen LogP) is 4.77. The standard InChI is InChI=1S/C22H26N2O3.ClH/c1-4-26-18-12-8-11-17-13-19(27-21(17)18)15(3)24-22(25)14(2)20(23)16-9-6-5-7-10-16;/h5-15,20H,4,23H2,1-3H3,(H,24,25);1H. The first-order valence-corrected chi connectivity index (χ1v) is 9.27. The first-order valence-electron chi connectivity index (χ1n) is 9.27. The highest BCUT2D eigenvalue weighted by molar-refractivity contribution is 5.85. The van der Waals surface area contributed by atoms with Crippen molar-refractivity contribution in [3.05, 3.63) is 65.9 Å². The number of benzene rings is 2. The molecule has 1 amide bonds. The van der Waals surface area contributed by atoms with Crippen LogP contribution in [0.15, 0.2) is 59.0 Å². The van der Waals surface area contributed by atoms with Gasteiger partial charge in [0.1, 0.15) is 5.76 Å². The summed E-state index contributed by atoms with van der Waals surface area (Å²) >= 11 is 0. The van der Waals surface area contributed by atoms with Gasteiger partial charge in [-0.1, -0.05) is 49.4 Å². The largest absolute Gasteiger partial charge is 0.490 e. The number of carbonyl (C=O) groups is 1. The van der Waals surface area contributed by atoms with E-state index in [1.165, 1.54) is 0 Å². The Labute approximate surface area is 171 Å². The summed E-state index contributed by atoms with van der Waals surface area (Å²) in [4.78, 5) is 12.7. The van der Waals surface area contributed by atoms with Gasteiger partial charge in [-0.15, -0.1) is 12.4 Å². The van der Waals surface area contributed by atoms with E-state index < -0.39 is 0 Å². The number of ether oxygens (including phenoxy) is 1. The van der Waals surface area contributed by atoms with Gasteiger partial charge in [-0.3, -0.25) is 4.79 Å². The fourth-order valence-corrected chi connectivity index (χ4v) is 3.08. The van der Waals surface area contributed by atoms with Crippen molar-refractivity contribution in [3.63, 3.8) is 0 Å². The van der Waals surface area contributed by atoms with Gasteiger partial charge in [0.25, 0.3) is 0 Å². The van der Waals surface area contributed by atoms with E-state index in [1.807, 2.05) is 75.4 Å². The molecule has 0 fully saturated rings. The molecule has 6 heteroatoms. The van der Waals surface area contributed by atoms with Crippen LogP contribution in [-0.4, -0.2) is 12.5 Å². The Morgan fingerprint density at radius 2 is 1.86 bits per heavy atom. The molecule has 28 heavy (non-hydrogen) atoms. The quantitative estimate of drug-likeness (QED) is 0.596. The molecule has 150 valence electrons. The molecule has 0 aliphatic heterocycles. The number of furan rings is 1. The molecule has 3 aromatic rings. The van der Waals surface area contributed by atoms with E-state index in [9.17, 15) is 4.79 Å². The lowest BCUT2D eigenvalue weighted by Gasteiger charge is -2.21. The minimum absolute atomic E-state index is 0. The fourth-order valence-electron chi connectivity index (χ4n) is 3.08. The molecule has 0 radical (unpaired) electrons. The predicted molar refractivity (Wildman–Crippen MR) is 114 cm³/mol. The van der Waals surface area contributed by atoms with Crippen LogP contribution in [0.25, 0.3) is 11.0 Å². The summed E-state index contributed by atoms with van der Waals surface area (Å²) in [6.45, 7) is 6.24. The van der Waals surface area contributed by atoms with Crippen LogP contribution in [0.4, 0.5) is 0 Å². The lowest BCUT2D eigenvalue weighted by molar-refractivity contribution is -0.125. The SMILES string of the molecule is CCOc1cccc2cc(C(C)NC(=O)C(C)C(N)c3ccccc3)oc12.Cl. The molecule has 0 spiro atoms. The minimum Gasteiger partial charge on any atom is -0.490 e. The maximum Gasteiger partial charge on any atom is 0.225 e. The number of halogens is 1. The summed E-state index contributed by atoms with van der Waals surface area (Å²) in [7, 11) is 0. The fraction of sp³-hybridized carbons (Fsp3) is 0.318. The number of amides is 1. The molecular formula is C22H27ClN2O3. The van der Waals surface area contributed by atoms with Crippen LogP contribution >= 0.6 is 12.4 Å². The summed E-state index contributed by atoms with van der Waals surface area (Å²) in [5.41, 5.74) is 7.91. The van der Waals surface area contributed by atoms with Crippen LogP contribution in [0.3, 0.4) is 0 Å². The summed E-state index contributed by atoms with van der Waals surface area (Å²) < 4.78 is 11.6. The number of fused-ring (bicyclic) bond motifs is 1. The normalized spacial score (nSPS) is 14.0. The van der Waals surface area contributed by atoms with E-state index in [2.05, 4.69) is 5.32 Å². The molecule has 2 aromatic carbocycles. The summed E-state index contributed by atoms with van der Waals surface area (Å²) in [5.74, 6) is 0.924. The van der Waals surface area contributed by atoms with Crippen molar-refractivity contribution in [1.29, 1.82) is 0 Å². The lowest BCUT2D eigenvalue weighted by Crippen LogP contribution is -2.36. The number of nitrogens with two attached hydrogens (primary N) is 1. The molecule has 0 bridgehead atoms. The van der Waals surface area contributed by atoms with Crippen molar-refractivity contribution in [2.45, 2.75) is 32.9 Å². The molecular weight excluding hydrogens is 376 g/mol. The van der Waals surface area contributed by atoms with Gasteiger partial charge in [-0.25, -0.2) is 0 Å². The van der Waals surface area contributed by atoms with Crippen LogP contribution in [0.2, 0.25) is 0 Å². The zero-order valence-corrected chi connectivity index (χ0v) is 17.2. The van der Waals surface area contributed by atoms with E-state index in [1.54, 1.807) is 0 Å². The van der Waals surface area contributed by atoms with Gasteiger partial charge in [0.2, 0.25) is 5.91 Å². The van der Waals surface area contributed by atoms with E-state index in [0.717, 1.165) is 10.9 Å². The van der Waals surface area contributed by atoms with E-state index in [4.69, 9.17) is 14.9 Å². The van der Waals surface area contributed by atoms with E-state index in [0.29, 0.717) is 23.7 Å². The van der Waals surface area contributed by atoms with Crippen LogP contribution in [0.1, 0.15) is 44.2 Å². The average Bonchev–Trinajstić information content (AvgIpc) is 3.13. The topological polar surface area (TPSA) is 77.5 Å². The van der Waals surface area contributed by atoms with Crippen molar-refractivity contribution < 1.29 is 13.9 Å². The van der Waals surface area contributed by atoms with Gasteiger partial charge in [-0.05, 0) is 31.5 Å². The monoisotopic (exact) mass is 402 g/mol. The van der Waals surface area contributed by atoms with Gasteiger partial charge >= 0.3 is 0 Å². The first-order chi connectivity index (χ1) is 13.0. The van der Waals surface area contributed by atoms with Gasteiger partial charge < -0.3 is 20.2 Å². The average molecular weight is 403 g/mol. The third-order valence-electron chi connectivity index (χ3n) is 4.75. The second kappa shape index (κ2) is 9.62. The zero-order chi connectivity index (χ0) is 19.4. The van der Waals surface area contributed by atoms with Crippen molar-refractivity contribution in [1.82, 2.24) is 5.32 Å². The maximum atomic E-state index is 12.7. The molecule has 0 saturated heterocycles. The summed E-state index contributed by atoms with van der Waals surface area (Å²) in [5, 5.41) is 3.96. The highest BCUT2D eigenvalue weighted by Crippen LogP contribution is 2.31. The first kappa shape index (κ1) is 21.8. The van der Waals surface area contributed by atoms with Crippen LogP contribution < -0.4 is 15.8 Å². The second-order valence-electron chi connectivity index (χ2n) is 6.71. The molecule has 3 N–H and O–H groups in total. The Kier molecular flexibility index (Phi) is 7.49.